The monoisotopic (exact) mass is 522 g/mol. The van der Waals surface area contributed by atoms with Gasteiger partial charge >= 0.3 is 0 Å². The summed E-state index contributed by atoms with van der Waals surface area (Å²) < 4.78 is 12.0. The normalized spacial score (nSPS) is 10.9. The lowest BCUT2D eigenvalue weighted by Crippen LogP contribution is -2.13. The molecule has 0 aliphatic carbocycles. The zero-order valence-electron chi connectivity index (χ0n) is 19.6. The Balaban J connectivity index is 1.92. The van der Waals surface area contributed by atoms with Gasteiger partial charge in [0, 0.05) is 11.3 Å². The van der Waals surface area contributed by atoms with Crippen LogP contribution in [0, 0.1) is 11.3 Å². The number of nitriles is 1. The van der Waals surface area contributed by atoms with E-state index < -0.39 is 5.91 Å². The van der Waals surface area contributed by atoms with E-state index in [0.717, 1.165) is 11.1 Å². The van der Waals surface area contributed by atoms with Gasteiger partial charge in [0.25, 0.3) is 5.91 Å². The molecule has 0 saturated heterocycles. The van der Waals surface area contributed by atoms with E-state index in [9.17, 15) is 15.2 Å². The maximum absolute atomic E-state index is 12.7. The van der Waals surface area contributed by atoms with Gasteiger partial charge in [-0.3, -0.25) is 4.79 Å². The number of ether oxygens (including phenoxy) is 2. The van der Waals surface area contributed by atoms with Crippen molar-refractivity contribution in [3.05, 3.63) is 99.6 Å². The van der Waals surface area contributed by atoms with Crippen LogP contribution >= 0.6 is 23.2 Å². The lowest BCUT2D eigenvalue weighted by Gasteiger charge is -2.17. The highest BCUT2D eigenvalue weighted by atomic mass is 35.5. The molecule has 8 heteroatoms. The molecule has 0 saturated carbocycles. The van der Waals surface area contributed by atoms with Gasteiger partial charge in [0.05, 0.1) is 16.7 Å². The first-order valence-corrected chi connectivity index (χ1v) is 11.8. The summed E-state index contributed by atoms with van der Waals surface area (Å²) in [6.07, 6.45) is 3.68. The molecule has 0 heterocycles. The van der Waals surface area contributed by atoms with Crippen molar-refractivity contribution in [2.24, 2.45) is 0 Å². The molecule has 3 aromatic carbocycles. The van der Waals surface area contributed by atoms with Gasteiger partial charge in [0.1, 0.15) is 24.0 Å². The Kier molecular flexibility index (Phi) is 9.40. The second-order valence-corrected chi connectivity index (χ2v) is 8.46. The number of hydrogen-bond donors (Lipinski definition) is 2. The summed E-state index contributed by atoms with van der Waals surface area (Å²) >= 11 is 12.1. The first-order chi connectivity index (χ1) is 17.3. The van der Waals surface area contributed by atoms with Crippen molar-refractivity contribution in [3.8, 4) is 23.3 Å². The van der Waals surface area contributed by atoms with E-state index in [1.165, 1.54) is 30.3 Å². The Hall–Kier alpha value is -3.92. The van der Waals surface area contributed by atoms with E-state index in [1.54, 1.807) is 24.3 Å². The molecular weight excluding hydrogens is 499 g/mol. The number of phenolic OH excluding ortho intramolecular Hbond substituents is 1. The number of allylic oxidation sites excluding steroid dienone is 1. The third-order valence-corrected chi connectivity index (χ3v) is 5.73. The molecule has 0 spiro atoms. The fourth-order valence-electron chi connectivity index (χ4n) is 3.34. The molecule has 0 atom stereocenters. The standard InChI is InChI=1S/C28H24Cl2N2O4/c1-3-5-20-12-19(13-21(16-31)28(34)32-22-7-9-23(33)10-8-22)15-26(35-4-2)27(20)36-17-18-6-11-24(29)25(30)14-18/h3,6-15,33H,1,4-5,17H2,2H3,(H,32,34)/b21-13-. The number of rotatable bonds is 10. The largest absolute Gasteiger partial charge is 0.508 e. The number of benzene rings is 3. The SMILES string of the molecule is C=CCc1cc(/C=C(/C#N)C(=O)Nc2ccc(O)cc2)cc(OCC)c1OCc1ccc(Cl)c(Cl)c1. The number of nitrogens with one attached hydrogen (secondary N) is 1. The smallest absolute Gasteiger partial charge is 0.266 e. The van der Waals surface area contributed by atoms with Crippen LogP contribution in [-0.2, 0) is 17.8 Å². The van der Waals surface area contributed by atoms with Crippen LogP contribution < -0.4 is 14.8 Å². The van der Waals surface area contributed by atoms with Gasteiger partial charge in [-0.1, -0.05) is 35.3 Å². The fraction of sp³-hybridized carbons (Fsp3) is 0.143. The van der Waals surface area contributed by atoms with Gasteiger partial charge in [-0.15, -0.1) is 6.58 Å². The summed E-state index contributed by atoms with van der Waals surface area (Å²) in [5.41, 5.74) is 2.55. The first-order valence-electron chi connectivity index (χ1n) is 11.0. The van der Waals surface area contributed by atoms with Gasteiger partial charge in [-0.05, 0) is 79.1 Å². The molecule has 3 rings (SSSR count). The van der Waals surface area contributed by atoms with E-state index in [4.69, 9.17) is 32.7 Å². The topological polar surface area (TPSA) is 91.6 Å². The number of halogens is 2. The van der Waals surface area contributed by atoms with Crippen molar-refractivity contribution in [2.45, 2.75) is 20.0 Å². The quantitative estimate of drug-likeness (QED) is 0.130. The number of anilines is 1. The Morgan fingerprint density at radius 3 is 2.50 bits per heavy atom. The molecule has 36 heavy (non-hydrogen) atoms. The third-order valence-electron chi connectivity index (χ3n) is 4.99. The van der Waals surface area contributed by atoms with Crippen LogP contribution in [0.25, 0.3) is 6.08 Å². The average Bonchev–Trinajstić information content (AvgIpc) is 2.86. The number of hydrogen-bond acceptors (Lipinski definition) is 5. The highest BCUT2D eigenvalue weighted by Crippen LogP contribution is 2.36. The van der Waals surface area contributed by atoms with Gasteiger partial charge in [0.15, 0.2) is 11.5 Å². The van der Waals surface area contributed by atoms with Crippen LogP contribution in [0.5, 0.6) is 17.2 Å². The molecule has 0 aromatic heterocycles. The van der Waals surface area contributed by atoms with E-state index in [2.05, 4.69) is 11.9 Å². The van der Waals surface area contributed by atoms with Crippen molar-refractivity contribution in [1.82, 2.24) is 0 Å². The summed E-state index contributed by atoms with van der Waals surface area (Å²) in [4.78, 5) is 12.7. The number of nitrogens with zero attached hydrogens (tertiary/aromatic N) is 1. The van der Waals surface area contributed by atoms with E-state index in [0.29, 0.717) is 45.8 Å². The van der Waals surface area contributed by atoms with Crippen molar-refractivity contribution >= 4 is 40.9 Å². The third kappa shape index (κ3) is 7.05. The van der Waals surface area contributed by atoms with Crippen LogP contribution in [0.15, 0.2) is 72.8 Å². The molecule has 0 aliphatic heterocycles. The van der Waals surface area contributed by atoms with Crippen LogP contribution in [0.2, 0.25) is 10.0 Å². The Morgan fingerprint density at radius 2 is 1.86 bits per heavy atom. The molecule has 0 unspecified atom stereocenters. The van der Waals surface area contributed by atoms with Crippen LogP contribution in [0.1, 0.15) is 23.6 Å². The van der Waals surface area contributed by atoms with Crippen molar-refractivity contribution in [2.75, 3.05) is 11.9 Å². The summed E-state index contributed by atoms with van der Waals surface area (Å²) in [5.74, 6) is 0.501. The van der Waals surface area contributed by atoms with Crippen molar-refractivity contribution in [1.29, 1.82) is 5.26 Å². The van der Waals surface area contributed by atoms with Crippen LogP contribution in [0.3, 0.4) is 0 Å². The zero-order chi connectivity index (χ0) is 26.1. The van der Waals surface area contributed by atoms with E-state index in [-0.39, 0.29) is 17.9 Å². The van der Waals surface area contributed by atoms with Crippen LogP contribution in [-0.4, -0.2) is 17.6 Å². The number of phenols is 1. The minimum Gasteiger partial charge on any atom is -0.508 e. The molecule has 6 nitrogen and oxygen atoms in total. The molecule has 0 radical (unpaired) electrons. The number of amides is 1. The molecule has 0 aliphatic rings. The predicted octanol–water partition coefficient (Wildman–Crippen LogP) is 6.95. The lowest BCUT2D eigenvalue weighted by molar-refractivity contribution is -0.112. The van der Waals surface area contributed by atoms with Gasteiger partial charge in [-0.2, -0.15) is 5.26 Å². The summed E-state index contributed by atoms with van der Waals surface area (Å²) in [5, 5.41) is 22.6. The molecular formula is C28H24Cl2N2O4. The highest BCUT2D eigenvalue weighted by Gasteiger charge is 2.16. The summed E-state index contributed by atoms with van der Waals surface area (Å²) in [6.45, 7) is 6.29. The summed E-state index contributed by atoms with van der Waals surface area (Å²) in [6, 6.07) is 16.7. The first kappa shape index (κ1) is 26.7. The van der Waals surface area contributed by atoms with E-state index in [1.807, 2.05) is 25.1 Å². The molecule has 3 aromatic rings. The Bertz CT molecular complexity index is 1330. The minimum absolute atomic E-state index is 0.0729. The van der Waals surface area contributed by atoms with Gasteiger partial charge in [-0.25, -0.2) is 0 Å². The van der Waals surface area contributed by atoms with Crippen molar-refractivity contribution in [3.63, 3.8) is 0 Å². The Labute approximate surface area is 220 Å². The average molecular weight is 523 g/mol. The maximum Gasteiger partial charge on any atom is 0.266 e. The second-order valence-electron chi connectivity index (χ2n) is 7.64. The predicted molar refractivity (Wildman–Crippen MR) is 143 cm³/mol. The molecule has 0 fully saturated rings. The molecule has 1 amide bonds. The number of carbonyl (C=O) groups excluding carboxylic acids is 1. The molecule has 2 N–H and O–H groups in total. The maximum atomic E-state index is 12.7. The van der Waals surface area contributed by atoms with Crippen molar-refractivity contribution < 1.29 is 19.4 Å². The summed E-state index contributed by atoms with van der Waals surface area (Å²) in [7, 11) is 0. The number of aromatic hydroxyl groups is 1. The van der Waals surface area contributed by atoms with Gasteiger partial charge in [0.2, 0.25) is 0 Å². The molecule has 0 bridgehead atoms. The fourth-order valence-corrected chi connectivity index (χ4v) is 3.66. The number of carbonyl (C=O) groups is 1. The Morgan fingerprint density at radius 1 is 1.11 bits per heavy atom. The second kappa shape index (κ2) is 12.7. The zero-order valence-corrected chi connectivity index (χ0v) is 21.1. The highest BCUT2D eigenvalue weighted by molar-refractivity contribution is 6.42. The minimum atomic E-state index is -0.577. The van der Waals surface area contributed by atoms with E-state index >= 15 is 0 Å². The molecule has 184 valence electrons. The van der Waals surface area contributed by atoms with Gasteiger partial charge < -0.3 is 19.9 Å². The van der Waals surface area contributed by atoms with Crippen LogP contribution in [0.4, 0.5) is 5.69 Å². The lowest BCUT2D eigenvalue weighted by atomic mass is 10.0.